The lowest BCUT2D eigenvalue weighted by Gasteiger charge is -2.02. The second kappa shape index (κ2) is 5.69. The molecule has 1 aliphatic rings. The molecule has 0 amide bonds. The van der Waals surface area contributed by atoms with Crippen LogP contribution in [-0.2, 0) is 22.4 Å². The number of hydrogen-bond acceptors (Lipinski definition) is 5. The zero-order chi connectivity index (χ0) is 14.8. The number of hydrogen-bond donors (Lipinski definition) is 0. The molecule has 0 saturated heterocycles. The van der Waals surface area contributed by atoms with Crippen LogP contribution in [0.25, 0.3) is 0 Å². The lowest BCUT2D eigenvalue weighted by atomic mass is 10.0. The number of rotatable bonds is 4. The van der Waals surface area contributed by atoms with E-state index in [9.17, 15) is 9.59 Å². The van der Waals surface area contributed by atoms with Crippen molar-refractivity contribution >= 4 is 23.1 Å². The smallest absolute Gasteiger partial charge is 0.310 e. The third kappa shape index (κ3) is 2.83. The van der Waals surface area contributed by atoms with Crippen LogP contribution in [0.3, 0.4) is 0 Å². The van der Waals surface area contributed by atoms with E-state index in [1.54, 1.807) is 18.2 Å². The summed E-state index contributed by atoms with van der Waals surface area (Å²) in [5, 5.41) is 0. The second-order valence-corrected chi connectivity index (χ2v) is 5.94. The number of fused-ring (bicyclic) bond motifs is 1. The molecule has 108 valence electrons. The summed E-state index contributed by atoms with van der Waals surface area (Å²) in [4.78, 5) is 25.2. The second-order valence-electron chi connectivity index (χ2n) is 4.77. The summed E-state index contributed by atoms with van der Waals surface area (Å²) < 4.78 is 10.1. The maximum absolute atomic E-state index is 12.5. The van der Waals surface area contributed by atoms with E-state index in [1.807, 2.05) is 12.1 Å². The predicted octanol–water partition coefficient (Wildman–Crippen LogP) is 2.63. The molecule has 21 heavy (non-hydrogen) atoms. The number of thiophene rings is 1. The van der Waals surface area contributed by atoms with E-state index in [2.05, 4.69) is 4.74 Å². The highest BCUT2D eigenvalue weighted by atomic mass is 32.1. The lowest BCUT2D eigenvalue weighted by Crippen LogP contribution is -2.02. The number of ketones is 1. The van der Waals surface area contributed by atoms with E-state index < -0.39 is 0 Å². The Morgan fingerprint density at radius 3 is 2.95 bits per heavy atom. The van der Waals surface area contributed by atoms with Gasteiger partial charge in [0.05, 0.1) is 25.0 Å². The maximum atomic E-state index is 12.5. The van der Waals surface area contributed by atoms with E-state index >= 15 is 0 Å². The summed E-state index contributed by atoms with van der Waals surface area (Å²) in [6, 6.07) is 9.08. The first-order valence-electron chi connectivity index (χ1n) is 6.63. The molecule has 1 aromatic heterocycles. The molecule has 0 spiro atoms. The molecule has 0 bridgehead atoms. The van der Waals surface area contributed by atoms with Crippen LogP contribution in [0, 0.1) is 0 Å². The highest BCUT2D eigenvalue weighted by Crippen LogP contribution is 2.28. The lowest BCUT2D eigenvalue weighted by molar-refractivity contribution is -0.139. The maximum Gasteiger partial charge on any atom is 0.310 e. The van der Waals surface area contributed by atoms with Crippen molar-refractivity contribution in [3.8, 4) is 5.75 Å². The van der Waals surface area contributed by atoms with Crippen LogP contribution in [0.1, 0.15) is 25.7 Å². The molecule has 1 aromatic carbocycles. The standard InChI is InChI=1S/C16H14O4S/c1-19-15(17)9-12-3-5-14(21-12)16(18)11-2-4-13-10(8-11)6-7-20-13/h2-5,8H,6-7,9H2,1H3. The molecule has 1 aliphatic heterocycles. The molecule has 4 nitrogen and oxygen atoms in total. The van der Waals surface area contributed by atoms with Crippen LogP contribution in [0.4, 0.5) is 0 Å². The van der Waals surface area contributed by atoms with Crippen molar-refractivity contribution in [2.24, 2.45) is 0 Å². The average Bonchev–Trinajstić information content (AvgIpc) is 3.14. The largest absolute Gasteiger partial charge is 0.493 e. The monoisotopic (exact) mass is 302 g/mol. The van der Waals surface area contributed by atoms with Gasteiger partial charge in [-0.2, -0.15) is 0 Å². The highest BCUT2D eigenvalue weighted by molar-refractivity contribution is 7.14. The fraction of sp³-hybridized carbons (Fsp3) is 0.250. The van der Waals surface area contributed by atoms with Gasteiger partial charge in [-0.05, 0) is 35.9 Å². The Morgan fingerprint density at radius 1 is 1.29 bits per heavy atom. The molecule has 2 heterocycles. The quantitative estimate of drug-likeness (QED) is 0.643. The van der Waals surface area contributed by atoms with Crippen LogP contribution in [0.15, 0.2) is 30.3 Å². The van der Waals surface area contributed by atoms with Gasteiger partial charge in [-0.15, -0.1) is 11.3 Å². The molecule has 5 heteroatoms. The van der Waals surface area contributed by atoms with Crippen molar-refractivity contribution in [2.75, 3.05) is 13.7 Å². The SMILES string of the molecule is COC(=O)Cc1ccc(C(=O)c2ccc3c(c2)CCO3)s1. The van der Waals surface area contributed by atoms with Gasteiger partial charge in [-0.1, -0.05) is 0 Å². The van der Waals surface area contributed by atoms with Crippen LogP contribution in [0.2, 0.25) is 0 Å². The van der Waals surface area contributed by atoms with Crippen LogP contribution >= 0.6 is 11.3 Å². The predicted molar refractivity (Wildman–Crippen MR) is 79.1 cm³/mol. The minimum absolute atomic E-state index is 0.0224. The van der Waals surface area contributed by atoms with Gasteiger partial charge in [0.25, 0.3) is 0 Å². The number of methoxy groups -OCH3 is 1. The fourth-order valence-corrected chi connectivity index (χ4v) is 3.23. The average molecular weight is 302 g/mol. The molecule has 2 aromatic rings. The molecule has 0 atom stereocenters. The summed E-state index contributed by atoms with van der Waals surface area (Å²) in [6.45, 7) is 0.676. The Kier molecular flexibility index (Phi) is 3.75. The van der Waals surface area contributed by atoms with Crippen molar-refractivity contribution < 1.29 is 19.1 Å². The van der Waals surface area contributed by atoms with Crippen molar-refractivity contribution in [3.63, 3.8) is 0 Å². The van der Waals surface area contributed by atoms with Gasteiger partial charge in [0.15, 0.2) is 0 Å². The van der Waals surface area contributed by atoms with Gasteiger partial charge >= 0.3 is 5.97 Å². The molecule has 0 aliphatic carbocycles. The van der Waals surface area contributed by atoms with Gasteiger partial charge in [0.1, 0.15) is 5.75 Å². The van der Waals surface area contributed by atoms with E-state index in [1.165, 1.54) is 18.4 Å². The summed E-state index contributed by atoms with van der Waals surface area (Å²) in [5.74, 6) is 0.542. The first kappa shape index (κ1) is 13.8. The van der Waals surface area contributed by atoms with E-state index in [-0.39, 0.29) is 18.2 Å². The topological polar surface area (TPSA) is 52.6 Å². The third-order valence-corrected chi connectivity index (χ3v) is 4.47. The molecule has 0 unspecified atom stereocenters. The van der Waals surface area contributed by atoms with Gasteiger partial charge < -0.3 is 9.47 Å². The van der Waals surface area contributed by atoms with E-state index in [4.69, 9.17) is 4.74 Å². The minimum atomic E-state index is -0.300. The van der Waals surface area contributed by atoms with Crippen molar-refractivity contribution in [1.82, 2.24) is 0 Å². The normalized spacial score (nSPS) is 12.6. The summed E-state index contributed by atoms with van der Waals surface area (Å²) in [7, 11) is 1.36. The molecule has 0 N–H and O–H groups in total. The Balaban J connectivity index is 1.80. The zero-order valence-corrected chi connectivity index (χ0v) is 12.4. The Morgan fingerprint density at radius 2 is 2.14 bits per heavy atom. The number of esters is 1. The first-order valence-corrected chi connectivity index (χ1v) is 7.45. The van der Waals surface area contributed by atoms with E-state index in [0.29, 0.717) is 17.0 Å². The molecular weight excluding hydrogens is 288 g/mol. The van der Waals surface area contributed by atoms with Gasteiger partial charge in [-0.3, -0.25) is 9.59 Å². The molecule has 0 fully saturated rings. The Bertz CT molecular complexity index is 702. The summed E-state index contributed by atoms with van der Waals surface area (Å²) in [5.41, 5.74) is 1.73. The van der Waals surface area contributed by atoms with Crippen molar-refractivity contribution in [3.05, 3.63) is 51.2 Å². The number of benzene rings is 1. The molecule has 0 radical (unpaired) electrons. The van der Waals surface area contributed by atoms with Crippen molar-refractivity contribution in [1.29, 1.82) is 0 Å². The zero-order valence-electron chi connectivity index (χ0n) is 11.5. The highest BCUT2D eigenvalue weighted by Gasteiger charge is 2.17. The molecule has 3 rings (SSSR count). The van der Waals surface area contributed by atoms with Gasteiger partial charge in [-0.25, -0.2) is 0 Å². The number of carbonyl (C=O) groups excluding carboxylic acids is 2. The summed E-state index contributed by atoms with van der Waals surface area (Å²) in [6.07, 6.45) is 1.04. The Hall–Kier alpha value is -2.14. The van der Waals surface area contributed by atoms with Crippen LogP contribution < -0.4 is 4.74 Å². The number of ether oxygens (including phenoxy) is 2. The van der Waals surface area contributed by atoms with E-state index in [0.717, 1.165) is 22.6 Å². The van der Waals surface area contributed by atoms with Crippen LogP contribution in [-0.4, -0.2) is 25.5 Å². The molecule has 0 saturated carbocycles. The first-order chi connectivity index (χ1) is 10.2. The minimum Gasteiger partial charge on any atom is -0.493 e. The van der Waals surface area contributed by atoms with Gasteiger partial charge in [0, 0.05) is 16.9 Å². The Labute approximate surface area is 126 Å². The molecular formula is C16H14O4S. The van der Waals surface area contributed by atoms with Crippen molar-refractivity contribution in [2.45, 2.75) is 12.8 Å². The summed E-state index contributed by atoms with van der Waals surface area (Å²) >= 11 is 1.33. The van der Waals surface area contributed by atoms with Gasteiger partial charge in [0.2, 0.25) is 5.78 Å². The third-order valence-electron chi connectivity index (χ3n) is 3.38. The van der Waals surface area contributed by atoms with Crippen LogP contribution in [0.5, 0.6) is 5.75 Å². The fourth-order valence-electron chi connectivity index (χ4n) is 2.28. The number of carbonyl (C=O) groups is 2.